The summed E-state index contributed by atoms with van der Waals surface area (Å²) < 4.78 is 19.4. The van der Waals surface area contributed by atoms with E-state index in [0.717, 1.165) is 35.1 Å². The summed E-state index contributed by atoms with van der Waals surface area (Å²) in [6.45, 7) is 9.18. The first-order valence-electron chi connectivity index (χ1n) is 12.4. The summed E-state index contributed by atoms with van der Waals surface area (Å²) >= 11 is 0. The third-order valence-electron chi connectivity index (χ3n) is 6.17. The molecule has 0 spiro atoms. The van der Waals surface area contributed by atoms with Crippen LogP contribution in [-0.2, 0) is 9.53 Å². The Hall–Kier alpha value is -3.48. The lowest BCUT2D eigenvalue weighted by molar-refractivity contribution is -0.139. The molecule has 1 atom stereocenters. The van der Waals surface area contributed by atoms with Gasteiger partial charge in [0.2, 0.25) is 5.95 Å². The highest BCUT2D eigenvalue weighted by Gasteiger charge is 2.36. The molecule has 1 aliphatic heterocycles. The molecular formula is C28H35N3O4. The van der Waals surface area contributed by atoms with Crippen LogP contribution in [0.15, 0.2) is 53.7 Å². The molecule has 35 heavy (non-hydrogen) atoms. The van der Waals surface area contributed by atoms with Crippen LogP contribution in [0.3, 0.4) is 0 Å². The molecule has 1 aliphatic rings. The van der Waals surface area contributed by atoms with Gasteiger partial charge in [-0.25, -0.2) is 9.78 Å². The summed E-state index contributed by atoms with van der Waals surface area (Å²) in [4.78, 5) is 18.2. The number of carbonyl (C=O) groups is 1. The van der Waals surface area contributed by atoms with Crippen LogP contribution in [0.4, 0.5) is 5.95 Å². The minimum Gasteiger partial charge on any atom is -0.493 e. The highest BCUT2D eigenvalue weighted by Crippen LogP contribution is 2.42. The monoisotopic (exact) mass is 477 g/mol. The van der Waals surface area contributed by atoms with Gasteiger partial charge in [0.15, 0.2) is 11.5 Å². The van der Waals surface area contributed by atoms with E-state index in [1.54, 1.807) is 7.11 Å². The van der Waals surface area contributed by atoms with E-state index in [2.05, 4.69) is 30.7 Å². The number of esters is 1. The topological polar surface area (TPSA) is 74.6 Å². The standard InChI is InChI=1S/C28H35N3O4/c1-6-10-21-25(27(32)34-7-2)26(31-22-12-9-8-11-20(22)29-28(31)30-21)19-13-14-23(24(17-19)33-5)35-16-15-18(3)4/h8-9,11-14,17-18,26H,6-7,10,15-16H2,1-5H3,(H,29,30). The fourth-order valence-corrected chi connectivity index (χ4v) is 4.48. The van der Waals surface area contributed by atoms with E-state index in [4.69, 9.17) is 19.2 Å². The third kappa shape index (κ3) is 4.99. The summed E-state index contributed by atoms with van der Waals surface area (Å²) in [5.74, 6) is 2.27. The van der Waals surface area contributed by atoms with Gasteiger partial charge in [-0.1, -0.05) is 45.4 Å². The quantitative estimate of drug-likeness (QED) is 0.356. The number of fused-ring (bicyclic) bond motifs is 3. The number of aromatic nitrogens is 2. The Bertz CT molecular complexity index is 1230. The molecule has 1 N–H and O–H groups in total. The van der Waals surface area contributed by atoms with Crippen LogP contribution >= 0.6 is 0 Å². The largest absolute Gasteiger partial charge is 0.493 e. The summed E-state index contributed by atoms with van der Waals surface area (Å²) in [7, 11) is 1.64. The van der Waals surface area contributed by atoms with E-state index in [1.807, 2.05) is 49.4 Å². The van der Waals surface area contributed by atoms with E-state index < -0.39 is 6.04 Å². The molecule has 0 saturated heterocycles. The predicted octanol–water partition coefficient (Wildman–Crippen LogP) is 6.10. The molecule has 3 aromatic rings. The Balaban J connectivity index is 1.87. The van der Waals surface area contributed by atoms with Crippen LogP contribution in [0.2, 0.25) is 0 Å². The van der Waals surface area contributed by atoms with Crippen LogP contribution in [-0.4, -0.2) is 35.8 Å². The molecule has 0 aliphatic carbocycles. The number of ether oxygens (including phenoxy) is 3. The molecule has 0 bridgehead atoms. The average Bonchev–Trinajstić information content (AvgIpc) is 3.21. The number of anilines is 1. The van der Waals surface area contributed by atoms with Crippen LogP contribution in [0.5, 0.6) is 11.5 Å². The van der Waals surface area contributed by atoms with Gasteiger partial charge in [0.05, 0.1) is 43.0 Å². The smallest absolute Gasteiger partial charge is 0.338 e. The van der Waals surface area contributed by atoms with Gasteiger partial charge in [-0.3, -0.25) is 4.57 Å². The molecule has 0 fully saturated rings. The van der Waals surface area contributed by atoms with Gasteiger partial charge in [-0.15, -0.1) is 0 Å². The van der Waals surface area contributed by atoms with E-state index in [1.165, 1.54) is 0 Å². The van der Waals surface area contributed by atoms with Crippen molar-refractivity contribution < 1.29 is 19.0 Å². The highest BCUT2D eigenvalue weighted by atomic mass is 16.5. The number of nitrogens with one attached hydrogen (secondary N) is 1. The van der Waals surface area contributed by atoms with E-state index >= 15 is 0 Å². The van der Waals surface area contributed by atoms with Gasteiger partial charge in [0.25, 0.3) is 0 Å². The van der Waals surface area contributed by atoms with Gasteiger partial charge in [-0.2, -0.15) is 0 Å². The molecule has 4 rings (SSSR count). The SMILES string of the molecule is CCCC1=C(C(=O)OCC)C(c2ccc(OCCC(C)C)c(OC)c2)n2c(nc3ccccc32)N1. The molecular weight excluding hydrogens is 442 g/mol. The van der Waals surface area contributed by atoms with Gasteiger partial charge in [-0.05, 0) is 55.5 Å². The van der Waals surface area contributed by atoms with Crippen molar-refractivity contribution in [2.75, 3.05) is 25.6 Å². The number of rotatable bonds is 10. The van der Waals surface area contributed by atoms with Crippen molar-refractivity contribution in [3.63, 3.8) is 0 Å². The molecule has 2 aromatic carbocycles. The number of methoxy groups -OCH3 is 1. The van der Waals surface area contributed by atoms with Crippen molar-refractivity contribution in [3.8, 4) is 11.5 Å². The minimum atomic E-state index is -0.419. The summed E-state index contributed by atoms with van der Waals surface area (Å²) in [5, 5.41) is 3.43. The molecule has 7 heteroatoms. The Morgan fingerprint density at radius 3 is 2.66 bits per heavy atom. The predicted molar refractivity (Wildman–Crippen MR) is 138 cm³/mol. The zero-order valence-electron chi connectivity index (χ0n) is 21.3. The Labute approximate surface area is 207 Å². The van der Waals surface area contributed by atoms with Crippen molar-refractivity contribution in [2.24, 2.45) is 5.92 Å². The normalized spacial score (nSPS) is 15.2. The van der Waals surface area contributed by atoms with Crippen molar-refractivity contribution in [1.82, 2.24) is 9.55 Å². The van der Waals surface area contributed by atoms with E-state index in [0.29, 0.717) is 48.6 Å². The number of nitrogens with zero attached hydrogens (tertiary/aromatic N) is 2. The molecule has 7 nitrogen and oxygen atoms in total. The molecule has 1 unspecified atom stereocenters. The molecule has 1 aromatic heterocycles. The first-order chi connectivity index (χ1) is 17.0. The third-order valence-corrected chi connectivity index (χ3v) is 6.17. The second-order valence-electron chi connectivity index (χ2n) is 9.13. The molecule has 2 heterocycles. The number of hydrogen-bond acceptors (Lipinski definition) is 6. The summed E-state index contributed by atoms with van der Waals surface area (Å²) in [6.07, 6.45) is 2.55. The fraction of sp³-hybridized carbons (Fsp3) is 0.429. The number of hydrogen-bond donors (Lipinski definition) is 1. The second-order valence-corrected chi connectivity index (χ2v) is 9.13. The Morgan fingerprint density at radius 1 is 1.14 bits per heavy atom. The number of benzene rings is 2. The number of allylic oxidation sites excluding steroid dienone is 1. The number of para-hydroxylation sites is 2. The van der Waals surface area contributed by atoms with Crippen molar-refractivity contribution in [1.29, 1.82) is 0 Å². The van der Waals surface area contributed by atoms with Crippen LogP contribution in [0.25, 0.3) is 11.0 Å². The number of carbonyl (C=O) groups excluding carboxylic acids is 1. The lowest BCUT2D eigenvalue weighted by atomic mass is 9.93. The fourth-order valence-electron chi connectivity index (χ4n) is 4.48. The minimum absolute atomic E-state index is 0.304. The maximum absolute atomic E-state index is 13.4. The van der Waals surface area contributed by atoms with Crippen molar-refractivity contribution >= 4 is 23.0 Å². The van der Waals surface area contributed by atoms with Gasteiger partial charge in [0.1, 0.15) is 0 Å². The van der Waals surface area contributed by atoms with Crippen LogP contribution in [0.1, 0.15) is 58.6 Å². The van der Waals surface area contributed by atoms with E-state index in [-0.39, 0.29) is 5.97 Å². The zero-order valence-corrected chi connectivity index (χ0v) is 21.3. The zero-order chi connectivity index (χ0) is 24.9. The van der Waals surface area contributed by atoms with Crippen LogP contribution in [0, 0.1) is 5.92 Å². The first-order valence-corrected chi connectivity index (χ1v) is 12.4. The van der Waals surface area contributed by atoms with Gasteiger partial charge < -0.3 is 19.5 Å². The van der Waals surface area contributed by atoms with E-state index in [9.17, 15) is 4.79 Å². The lowest BCUT2D eigenvalue weighted by Gasteiger charge is -2.31. The van der Waals surface area contributed by atoms with Crippen molar-refractivity contribution in [3.05, 3.63) is 59.3 Å². The molecule has 186 valence electrons. The highest BCUT2D eigenvalue weighted by molar-refractivity contribution is 5.94. The number of imidazole rings is 1. The Kier molecular flexibility index (Phi) is 7.63. The van der Waals surface area contributed by atoms with Gasteiger partial charge >= 0.3 is 5.97 Å². The summed E-state index contributed by atoms with van der Waals surface area (Å²) in [5.41, 5.74) is 4.14. The van der Waals surface area contributed by atoms with Gasteiger partial charge in [0, 0.05) is 5.70 Å². The first kappa shape index (κ1) is 24.6. The van der Waals surface area contributed by atoms with Crippen LogP contribution < -0.4 is 14.8 Å². The maximum Gasteiger partial charge on any atom is 0.338 e. The maximum atomic E-state index is 13.4. The van der Waals surface area contributed by atoms with Crippen molar-refractivity contribution in [2.45, 2.75) is 53.0 Å². The summed E-state index contributed by atoms with van der Waals surface area (Å²) in [6, 6.07) is 13.4. The second kappa shape index (κ2) is 10.8. The molecule has 0 saturated carbocycles. The Morgan fingerprint density at radius 2 is 1.94 bits per heavy atom. The molecule has 0 radical (unpaired) electrons. The lowest BCUT2D eigenvalue weighted by Crippen LogP contribution is -2.29. The average molecular weight is 478 g/mol. The molecule has 0 amide bonds.